The number of hydrogen-bond donors (Lipinski definition) is 1. The number of amides is 1. The molecule has 6 heteroatoms. The molecule has 0 fully saturated rings. The normalized spacial score (nSPS) is 9.95. The van der Waals surface area contributed by atoms with Crippen molar-refractivity contribution in [2.45, 2.75) is 0 Å². The minimum absolute atomic E-state index is 0.0750. The maximum absolute atomic E-state index is 12.1. The van der Waals surface area contributed by atoms with Crippen LogP contribution < -0.4 is 4.90 Å². The molecule has 0 unspecified atom stereocenters. The van der Waals surface area contributed by atoms with E-state index >= 15 is 0 Å². The highest BCUT2D eigenvalue weighted by Crippen LogP contribution is 2.12. The van der Waals surface area contributed by atoms with Crippen molar-refractivity contribution in [2.24, 2.45) is 0 Å². The van der Waals surface area contributed by atoms with Crippen LogP contribution in [0, 0.1) is 0 Å². The third-order valence-electron chi connectivity index (χ3n) is 2.55. The maximum Gasteiger partial charge on any atom is 0.337 e. The van der Waals surface area contributed by atoms with Crippen molar-refractivity contribution in [3.8, 4) is 0 Å². The van der Waals surface area contributed by atoms with Gasteiger partial charge >= 0.3 is 5.97 Å². The van der Waals surface area contributed by atoms with Crippen molar-refractivity contribution in [3.63, 3.8) is 0 Å². The molecule has 2 rings (SSSR count). The number of carboxylic acid groups (broad SMARTS) is 1. The summed E-state index contributed by atoms with van der Waals surface area (Å²) in [6.45, 7) is 0. The number of nitrogens with zero attached hydrogens (tertiary/aromatic N) is 3. The van der Waals surface area contributed by atoms with Crippen LogP contribution in [0.25, 0.3) is 0 Å². The molecule has 0 aliphatic heterocycles. The highest BCUT2D eigenvalue weighted by Gasteiger charge is 2.15. The number of aromatic carboxylic acids is 1. The zero-order valence-corrected chi connectivity index (χ0v) is 10.1. The van der Waals surface area contributed by atoms with Gasteiger partial charge in [-0.25, -0.2) is 9.78 Å². The smallest absolute Gasteiger partial charge is 0.337 e. The van der Waals surface area contributed by atoms with Crippen molar-refractivity contribution >= 4 is 17.7 Å². The van der Waals surface area contributed by atoms with Gasteiger partial charge in [0.05, 0.1) is 11.1 Å². The number of hydrogen-bond acceptors (Lipinski definition) is 4. The Morgan fingerprint density at radius 1 is 1.16 bits per heavy atom. The molecule has 0 aliphatic carbocycles. The van der Waals surface area contributed by atoms with Crippen molar-refractivity contribution in [1.82, 2.24) is 9.97 Å². The van der Waals surface area contributed by atoms with Crippen LogP contribution in [0.1, 0.15) is 20.7 Å². The fourth-order valence-corrected chi connectivity index (χ4v) is 1.50. The van der Waals surface area contributed by atoms with E-state index in [0.29, 0.717) is 11.4 Å². The Morgan fingerprint density at radius 3 is 2.47 bits per heavy atom. The van der Waals surface area contributed by atoms with E-state index in [1.165, 1.54) is 29.4 Å². The summed E-state index contributed by atoms with van der Waals surface area (Å²) in [5, 5.41) is 8.77. The average molecular weight is 257 g/mol. The number of carbonyl (C=O) groups excluding carboxylic acids is 1. The lowest BCUT2D eigenvalue weighted by molar-refractivity contribution is 0.0696. The van der Waals surface area contributed by atoms with E-state index in [2.05, 4.69) is 9.97 Å². The van der Waals surface area contributed by atoms with Gasteiger partial charge in [0, 0.05) is 25.6 Å². The lowest BCUT2D eigenvalue weighted by Crippen LogP contribution is -2.27. The van der Waals surface area contributed by atoms with Crippen LogP contribution in [-0.4, -0.2) is 34.0 Å². The molecule has 2 aromatic rings. The second-order valence-corrected chi connectivity index (χ2v) is 3.82. The van der Waals surface area contributed by atoms with Crippen molar-refractivity contribution in [1.29, 1.82) is 0 Å². The number of carbonyl (C=O) groups is 2. The summed E-state index contributed by atoms with van der Waals surface area (Å²) >= 11 is 0. The molecule has 1 N–H and O–H groups in total. The van der Waals surface area contributed by atoms with Crippen molar-refractivity contribution in [3.05, 3.63) is 54.0 Å². The number of pyridine rings is 2. The Kier molecular flexibility index (Phi) is 3.51. The predicted octanol–water partition coefficient (Wildman–Crippen LogP) is 1.45. The van der Waals surface area contributed by atoms with Gasteiger partial charge in [-0.2, -0.15) is 0 Å². The third kappa shape index (κ3) is 2.74. The van der Waals surface area contributed by atoms with E-state index in [-0.39, 0.29) is 11.5 Å². The van der Waals surface area contributed by atoms with Gasteiger partial charge < -0.3 is 5.11 Å². The summed E-state index contributed by atoms with van der Waals surface area (Å²) in [6, 6.07) is 6.20. The summed E-state index contributed by atoms with van der Waals surface area (Å²) in [6.07, 6.45) is 4.26. The maximum atomic E-state index is 12.1. The zero-order valence-electron chi connectivity index (χ0n) is 10.1. The van der Waals surface area contributed by atoms with Crippen molar-refractivity contribution in [2.75, 3.05) is 11.9 Å². The monoisotopic (exact) mass is 257 g/mol. The number of carboxylic acids is 1. The van der Waals surface area contributed by atoms with Crippen LogP contribution >= 0.6 is 0 Å². The first kappa shape index (κ1) is 12.7. The Balaban J connectivity index is 2.22. The average Bonchev–Trinajstić information content (AvgIpc) is 2.46. The quantitative estimate of drug-likeness (QED) is 0.899. The molecular formula is C13H11N3O3. The Bertz CT molecular complexity index is 596. The fraction of sp³-hybridized carbons (Fsp3) is 0.0769. The lowest BCUT2D eigenvalue weighted by atomic mass is 10.2. The van der Waals surface area contributed by atoms with Crippen LogP contribution in [0.4, 0.5) is 5.82 Å². The molecule has 19 heavy (non-hydrogen) atoms. The molecular weight excluding hydrogens is 246 g/mol. The van der Waals surface area contributed by atoms with Gasteiger partial charge in [-0.05, 0) is 24.3 Å². The molecule has 0 bridgehead atoms. The molecule has 0 radical (unpaired) electrons. The molecule has 0 aromatic carbocycles. The molecule has 0 spiro atoms. The first-order valence-electron chi connectivity index (χ1n) is 5.47. The predicted molar refractivity (Wildman–Crippen MR) is 68.2 cm³/mol. The number of anilines is 1. The minimum atomic E-state index is -1.06. The summed E-state index contributed by atoms with van der Waals surface area (Å²) in [7, 11) is 1.57. The Morgan fingerprint density at radius 2 is 1.95 bits per heavy atom. The van der Waals surface area contributed by atoms with E-state index in [1.807, 2.05) is 0 Å². The van der Waals surface area contributed by atoms with Crippen LogP contribution in [0.15, 0.2) is 42.9 Å². The van der Waals surface area contributed by atoms with Gasteiger partial charge in [0.15, 0.2) is 0 Å². The third-order valence-corrected chi connectivity index (χ3v) is 2.55. The van der Waals surface area contributed by atoms with Gasteiger partial charge in [-0.1, -0.05) is 0 Å². The number of rotatable bonds is 3. The zero-order chi connectivity index (χ0) is 13.8. The lowest BCUT2D eigenvalue weighted by Gasteiger charge is -2.15. The molecule has 0 saturated heterocycles. The molecule has 0 aliphatic rings. The first-order chi connectivity index (χ1) is 9.09. The fourth-order valence-electron chi connectivity index (χ4n) is 1.50. The first-order valence-corrected chi connectivity index (χ1v) is 5.47. The molecule has 1 amide bonds. The van der Waals surface area contributed by atoms with Crippen molar-refractivity contribution < 1.29 is 14.7 Å². The molecule has 6 nitrogen and oxygen atoms in total. The Hall–Kier alpha value is -2.76. The summed E-state index contributed by atoms with van der Waals surface area (Å²) < 4.78 is 0. The topological polar surface area (TPSA) is 83.4 Å². The standard InChI is InChI=1S/C13H11N3O3/c1-16(12(17)9-3-2-6-14-7-9)11-5-4-10(8-15-11)13(18)19/h2-8H,1H3,(H,18,19). The molecule has 2 heterocycles. The summed E-state index contributed by atoms with van der Waals surface area (Å²) in [5.74, 6) is -0.942. The van der Waals surface area contributed by atoms with E-state index in [4.69, 9.17) is 5.11 Å². The van der Waals surface area contributed by atoms with E-state index in [1.54, 1.807) is 25.4 Å². The van der Waals surface area contributed by atoms with E-state index < -0.39 is 5.97 Å². The van der Waals surface area contributed by atoms with Crippen LogP contribution in [-0.2, 0) is 0 Å². The second kappa shape index (κ2) is 5.26. The molecule has 0 saturated carbocycles. The minimum Gasteiger partial charge on any atom is -0.478 e. The SMILES string of the molecule is CN(C(=O)c1cccnc1)c1ccc(C(=O)O)cn1. The van der Waals surface area contributed by atoms with Gasteiger partial charge in [0.25, 0.3) is 5.91 Å². The van der Waals surface area contributed by atoms with Gasteiger partial charge in [-0.3, -0.25) is 14.7 Å². The largest absolute Gasteiger partial charge is 0.478 e. The second-order valence-electron chi connectivity index (χ2n) is 3.82. The molecule has 2 aromatic heterocycles. The van der Waals surface area contributed by atoms with Gasteiger partial charge in [0.1, 0.15) is 5.82 Å². The highest BCUT2D eigenvalue weighted by atomic mass is 16.4. The van der Waals surface area contributed by atoms with Gasteiger partial charge in [-0.15, -0.1) is 0 Å². The highest BCUT2D eigenvalue weighted by molar-refractivity contribution is 6.05. The van der Waals surface area contributed by atoms with E-state index in [9.17, 15) is 9.59 Å². The van der Waals surface area contributed by atoms with Gasteiger partial charge in [0.2, 0.25) is 0 Å². The summed E-state index contributed by atoms with van der Waals surface area (Å²) in [4.78, 5) is 32.0. The van der Waals surface area contributed by atoms with Crippen LogP contribution in [0.5, 0.6) is 0 Å². The summed E-state index contributed by atoms with van der Waals surface area (Å²) in [5.41, 5.74) is 0.514. The number of aromatic nitrogens is 2. The van der Waals surface area contributed by atoms with E-state index in [0.717, 1.165) is 0 Å². The van der Waals surface area contributed by atoms with Crippen LogP contribution in [0.3, 0.4) is 0 Å². The Labute approximate surface area is 109 Å². The van der Waals surface area contributed by atoms with Crippen LogP contribution in [0.2, 0.25) is 0 Å². The molecule has 96 valence electrons. The molecule has 0 atom stereocenters.